The number of aromatic nitrogens is 2. The van der Waals surface area contributed by atoms with Crippen LogP contribution in [0.4, 0.5) is 0 Å². The summed E-state index contributed by atoms with van der Waals surface area (Å²) < 4.78 is 33.2. The first-order valence-electron chi connectivity index (χ1n) is 6.84. The Hall–Kier alpha value is -1.41. The molecule has 0 amide bonds. The maximum Gasteiger partial charge on any atom is 0.324 e. The van der Waals surface area contributed by atoms with Crippen molar-refractivity contribution in [2.24, 2.45) is 7.05 Å². The number of carbonyl (C=O) groups is 1. The van der Waals surface area contributed by atoms with Gasteiger partial charge in [-0.05, 0) is 33.6 Å². The van der Waals surface area contributed by atoms with E-state index in [1.807, 2.05) is 0 Å². The van der Waals surface area contributed by atoms with Crippen LogP contribution in [0.1, 0.15) is 33.6 Å². The maximum absolute atomic E-state index is 12.6. The van der Waals surface area contributed by atoms with Crippen molar-refractivity contribution in [1.82, 2.24) is 14.1 Å². The molecule has 0 unspecified atom stereocenters. The minimum absolute atomic E-state index is 0.0976. The summed E-state index contributed by atoms with van der Waals surface area (Å²) in [6.45, 7) is 5.61. The normalized spacial score (nSPS) is 20.7. The molecule has 21 heavy (non-hydrogen) atoms. The zero-order chi connectivity index (χ0) is 15.8. The third-order valence-corrected chi connectivity index (χ3v) is 5.03. The van der Waals surface area contributed by atoms with Gasteiger partial charge in [-0.3, -0.25) is 9.48 Å². The molecule has 1 aliphatic rings. The second kappa shape index (κ2) is 5.42. The van der Waals surface area contributed by atoms with Crippen LogP contribution in [-0.2, 0) is 26.6 Å². The molecule has 0 saturated carbocycles. The lowest BCUT2D eigenvalue weighted by molar-refractivity contribution is -0.158. The summed E-state index contributed by atoms with van der Waals surface area (Å²) in [5.41, 5.74) is -0.636. The highest BCUT2D eigenvalue weighted by molar-refractivity contribution is 7.89. The fourth-order valence-electron chi connectivity index (χ4n) is 2.30. The molecule has 118 valence electrons. The van der Waals surface area contributed by atoms with Crippen LogP contribution in [0.15, 0.2) is 17.3 Å². The Kier molecular flexibility index (Phi) is 4.12. The fourth-order valence-corrected chi connectivity index (χ4v) is 3.93. The molecule has 0 aromatic carbocycles. The van der Waals surface area contributed by atoms with Gasteiger partial charge in [0, 0.05) is 19.8 Å². The predicted octanol–water partition coefficient (Wildman–Crippen LogP) is 0.915. The van der Waals surface area contributed by atoms with E-state index in [2.05, 4.69) is 5.10 Å². The summed E-state index contributed by atoms with van der Waals surface area (Å²) in [6, 6.07) is -0.755. The summed E-state index contributed by atoms with van der Waals surface area (Å²) in [4.78, 5) is 12.3. The Balaban J connectivity index is 2.24. The van der Waals surface area contributed by atoms with Gasteiger partial charge in [-0.15, -0.1) is 0 Å². The van der Waals surface area contributed by atoms with Gasteiger partial charge < -0.3 is 4.74 Å². The van der Waals surface area contributed by atoms with Gasteiger partial charge in [-0.25, -0.2) is 8.42 Å². The van der Waals surface area contributed by atoms with Gasteiger partial charge in [-0.1, -0.05) is 0 Å². The SMILES string of the molecule is Cn1cc(S(=O)(=O)N2CCC[C@H]2C(=O)OC(C)(C)C)cn1. The molecule has 0 aliphatic carbocycles. The van der Waals surface area contributed by atoms with E-state index in [4.69, 9.17) is 4.74 Å². The predicted molar refractivity (Wildman–Crippen MR) is 76.0 cm³/mol. The first-order valence-corrected chi connectivity index (χ1v) is 8.28. The molecule has 1 aromatic rings. The van der Waals surface area contributed by atoms with E-state index < -0.39 is 27.6 Å². The number of hydrogen-bond acceptors (Lipinski definition) is 5. The van der Waals surface area contributed by atoms with E-state index in [-0.39, 0.29) is 4.90 Å². The second-order valence-electron chi connectivity index (χ2n) is 6.16. The molecule has 2 heterocycles. The van der Waals surface area contributed by atoms with Gasteiger partial charge in [-0.2, -0.15) is 9.40 Å². The number of aryl methyl sites for hydroxylation is 1. The molecular weight excluding hydrogens is 294 g/mol. The van der Waals surface area contributed by atoms with Crippen LogP contribution < -0.4 is 0 Å². The Morgan fingerprint density at radius 1 is 1.43 bits per heavy atom. The van der Waals surface area contributed by atoms with Crippen LogP contribution in [0.2, 0.25) is 0 Å². The molecule has 1 aromatic heterocycles. The molecule has 0 spiro atoms. The Morgan fingerprint density at radius 2 is 2.10 bits per heavy atom. The topological polar surface area (TPSA) is 81.5 Å². The van der Waals surface area contributed by atoms with Crippen molar-refractivity contribution in [1.29, 1.82) is 0 Å². The van der Waals surface area contributed by atoms with E-state index in [1.165, 1.54) is 21.4 Å². The van der Waals surface area contributed by atoms with Gasteiger partial charge in [0.25, 0.3) is 0 Å². The van der Waals surface area contributed by atoms with E-state index in [0.29, 0.717) is 19.4 Å². The zero-order valence-corrected chi connectivity index (χ0v) is 13.6. The number of nitrogens with zero attached hydrogens (tertiary/aromatic N) is 3. The number of esters is 1. The molecule has 1 aliphatic heterocycles. The summed E-state index contributed by atoms with van der Waals surface area (Å²) in [5.74, 6) is -0.493. The number of carbonyl (C=O) groups excluding carboxylic acids is 1. The van der Waals surface area contributed by atoms with Gasteiger partial charge in [0.05, 0.1) is 6.20 Å². The summed E-state index contributed by atoms with van der Waals surface area (Å²) in [5, 5.41) is 3.88. The highest BCUT2D eigenvalue weighted by Crippen LogP contribution is 2.27. The third-order valence-electron chi connectivity index (χ3n) is 3.17. The van der Waals surface area contributed by atoms with Gasteiger partial charge in [0.15, 0.2) is 0 Å². The lowest BCUT2D eigenvalue weighted by atomic mass is 10.2. The highest BCUT2D eigenvalue weighted by atomic mass is 32.2. The van der Waals surface area contributed by atoms with Crippen LogP contribution in [0.3, 0.4) is 0 Å². The monoisotopic (exact) mass is 315 g/mol. The molecule has 8 heteroatoms. The smallest absolute Gasteiger partial charge is 0.324 e. The summed E-state index contributed by atoms with van der Waals surface area (Å²) >= 11 is 0. The highest BCUT2D eigenvalue weighted by Gasteiger charge is 2.41. The molecule has 2 rings (SSSR count). The summed E-state index contributed by atoms with van der Waals surface area (Å²) in [7, 11) is -2.07. The van der Waals surface area contributed by atoms with Crippen LogP contribution >= 0.6 is 0 Å². The molecule has 1 saturated heterocycles. The zero-order valence-electron chi connectivity index (χ0n) is 12.7. The maximum atomic E-state index is 12.6. The minimum Gasteiger partial charge on any atom is -0.459 e. The average Bonchev–Trinajstić information content (AvgIpc) is 2.94. The Bertz CT molecular complexity index is 630. The largest absolute Gasteiger partial charge is 0.459 e. The second-order valence-corrected chi connectivity index (χ2v) is 8.05. The number of hydrogen-bond donors (Lipinski definition) is 0. The molecule has 0 N–H and O–H groups in total. The third kappa shape index (κ3) is 3.44. The average molecular weight is 315 g/mol. The number of sulfonamides is 1. The first-order chi connectivity index (χ1) is 9.61. The van der Waals surface area contributed by atoms with Crippen molar-refractivity contribution in [3.05, 3.63) is 12.4 Å². The first kappa shape index (κ1) is 16.0. The van der Waals surface area contributed by atoms with Crippen molar-refractivity contribution in [3.8, 4) is 0 Å². The van der Waals surface area contributed by atoms with Gasteiger partial charge in [0.1, 0.15) is 16.5 Å². The Labute approximate surface area is 124 Å². The standard InChI is InChI=1S/C13H21N3O4S/c1-13(2,3)20-12(17)11-6-5-7-16(11)21(18,19)10-8-14-15(4)9-10/h8-9,11H,5-7H2,1-4H3/t11-/m0/s1. The van der Waals surface area contributed by atoms with Crippen LogP contribution in [-0.4, -0.2) is 46.7 Å². The van der Waals surface area contributed by atoms with Crippen molar-refractivity contribution in [2.75, 3.05) is 6.54 Å². The number of ether oxygens (including phenoxy) is 1. The van der Waals surface area contributed by atoms with Crippen LogP contribution in [0.5, 0.6) is 0 Å². The van der Waals surface area contributed by atoms with Crippen LogP contribution in [0.25, 0.3) is 0 Å². The van der Waals surface area contributed by atoms with Crippen LogP contribution in [0, 0.1) is 0 Å². The quantitative estimate of drug-likeness (QED) is 0.775. The van der Waals surface area contributed by atoms with E-state index in [0.717, 1.165) is 0 Å². The minimum atomic E-state index is -3.72. The van der Waals surface area contributed by atoms with Gasteiger partial charge in [0.2, 0.25) is 10.0 Å². The molecule has 0 bridgehead atoms. The lowest BCUT2D eigenvalue weighted by Gasteiger charge is -2.26. The van der Waals surface area contributed by atoms with Gasteiger partial charge >= 0.3 is 5.97 Å². The summed E-state index contributed by atoms with van der Waals surface area (Å²) in [6.07, 6.45) is 3.84. The van der Waals surface area contributed by atoms with Crippen molar-refractivity contribution in [2.45, 2.75) is 50.2 Å². The number of rotatable bonds is 3. The molecule has 1 fully saturated rings. The van der Waals surface area contributed by atoms with E-state index >= 15 is 0 Å². The van der Waals surface area contributed by atoms with E-state index in [1.54, 1.807) is 27.8 Å². The van der Waals surface area contributed by atoms with Crippen molar-refractivity contribution < 1.29 is 17.9 Å². The molecule has 0 radical (unpaired) electrons. The fraction of sp³-hybridized carbons (Fsp3) is 0.692. The van der Waals surface area contributed by atoms with Crippen molar-refractivity contribution >= 4 is 16.0 Å². The molecular formula is C13H21N3O4S. The Morgan fingerprint density at radius 3 is 2.62 bits per heavy atom. The molecule has 7 nitrogen and oxygen atoms in total. The van der Waals surface area contributed by atoms with E-state index in [9.17, 15) is 13.2 Å². The van der Waals surface area contributed by atoms with Crippen molar-refractivity contribution in [3.63, 3.8) is 0 Å². The lowest BCUT2D eigenvalue weighted by Crippen LogP contribution is -2.43. The molecule has 1 atom stereocenters.